The number of methoxy groups -OCH3 is 1. The number of ether oxygens (including phenoxy) is 2. The van der Waals surface area contributed by atoms with Crippen molar-refractivity contribution in [1.29, 1.82) is 0 Å². The van der Waals surface area contributed by atoms with Gasteiger partial charge in [-0.15, -0.1) is 0 Å². The fourth-order valence-corrected chi connectivity index (χ4v) is 2.89. The van der Waals surface area contributed by atoms with Crippen LogP contribution >= 0.6 is 15.9 Å². The highest BCUT2D eigenvalue weighted by Gasteiger charge is 2.19. The molecule has 0 bridgehead atoms. The average molecular weight is 352 g/mol. The summed E-state index contributed by atoms with van der Waals surface area (Å²) in [5, 5.41) is 0. The molecule has 0 aromatic heterocycles. The van der Waals surface area contributed by atoms with Gasteiger partial charge in [0.1, 0.15) is 11.6 Å². The van der Waals surface area contributed by atoms with E-state index in [0.29, 0.717) is 23.4 Å². The molecule has 1 unspecified atom stereocenters. The maximum Gasteiger partial charge on any atom is 0.141 e. The second-order valence-corrected chi connectivity index (χ2v) is 5.86. The van der Waals surface area contributed by atoms with Gasteiger partial charge in [-0.25, -0.2) is 4.39 Å². The molecule has 1 heterocycles. The Morgan fingerprint density at radius 1 is 1.24 bits per heavy atom. The van der Waals surface area contributed by atoms with Gasteiger partial charge < -0.3 is 15.2 Å². The van der Waals surface area contributed by atoms with Gasteiger partial charge in [0.05, 0.1) is 30.8 Å². The molecule has 3 rings (SSSR count). The van der Waals surface area contributed by atoms with Crippen LogP contribution in [0.25, 0.3) is 0 Å². The van der Waals surface area contributed by atoms with Crippen LogP contribution in [-0.4, -0.2) is 7.11 Å². The number of hydrogen-bond acceptors (Lipinski definition) is 3. The highest BCUT2D eigenvalue weighted by molar-refractivity contribution is 9.10. The summed E-state index contributed by atoms with van der Waals surface area (Å²) in [4.78, 5) is 0. The van der Waals surface area contributed by atoms with Crippen LogP contribution in [0.2, 0.25) is 0 Å². The smallest absolute Gasteiger partial charge is 0.141 e. The zero-order valence-electron chi connectivity index (χ0n) is 11.5. The molecule has 5 heteroatoms. The number of hydrogen-bond donors (Lipinski definition) is 1. The molecule has 0 saturated heterocycles. The van der Waals surface area contributed by atoms with Crippen molar-refractivity contribution in [2.45, 2.75) is 19.3 Å². The van der Waals surface area contributed by atoms with Crippen molar-refractivity contribution in [3.8, 4) is 5.75 Å². The molecule has 0 spiro atoms. The summed E-state index contributed by atoms with van der Waals surface area (Å²) in [5.41, 5.74) is 10.4. The lowest BCUT2D eigenvalue weighted by molar-refractivity contribution is 0.134. The van der Waals surface area contributed by atoms with Gasteiger partial charge in [-0.05, 0) is 38.7 Å². The molecule has 0 aliphatic carbocycles. The van der Waals surface area contributed by atoms with Crippen molar-refractivity contribution in [3.05, 3.63) is 62.9 Å². The summed E-state index contributed by atoms with van der Waals surface area (Å²) in [6.07, 6.45) is 0. The normalized spacial score (nSPS) is 14.9. The highest BCUT2D eigenvalue weighted by atomic mass is 79.9. The molecule has 2 N–H and O–H groups in total. The third-order valence-corrected chi connectivity index (χ3v) is 4.32. The number of nitrogens with two attached hydrogens (primary N) is 1. The van der Waals surface area contributed by atoms with E-state index in [1.165, 1.54) is 18.7 Å². The maximum atomic E-state index is 13.6. The van der Waals surface area contributed by atoms with E-state index >= 15 is 0 Å². The van der Waals surface area contributed by atoms with Gasteiger partial charge in [-0.2, -0.15) is 0 Å². The van der Waals surface area contributed by atoms with Gasteiger partial charge >= 0.3 is 0 Å². The first kappa shape index (κ1) is 14.5. The van der Waals surface area contributed by atoms with E-state index in [4.69, 9.17) is 15.2 Å². The summed E-state index contributed by atoms with van der Waals surface area (Å²) in [7, 11) is 1.51. The molecule has 1 aliphatic rings. The van der Waals surface area contributed by atoms with Crippen LogP contribution in [0.5, 0.6) is 5.75 Å². The summed E-state index contributed by atoms with van der Waals surface area (Å²) < 4.78 is 24.6. The number of benzene rings is 2. The topological polar surface area (TPSA) is 44.5 Å². The SMILES string of the molecule is COc1cc(F)c(Br)cc1C(N)c1ccc2c(c1)COC2. The van der Waals surface area contributed by atoms with Crippen LogP contribution < -0.4 is 10.5 Å². The lowest BCUT2D eigenvalue weighted by Crippen LogP contribution is -2.14. The zero-order chi connectivity index (χ0) is 15.0. The van der Waals surface area contributed by atoms with E-state index < -0.39 is 0 Å². The Balaban J connectivity index is 2.02. The zero-order valence-corrected chi connectivity index (χ0v) is 13.1. The Morgan fingerprint density at radius 3 is 2.76 bits per heavy atom. The molecule has 110 valence electrons. The molecule has 0 radical (unpaired) electrons. The second-order valence-electron chi connectivity index (χ2n) is 5.01. The molecular formula is C16H15BrFNO2. The third-order valence-electron chi connectivity index (χ3n) is 3.71. The molecule has 0 amide bonds. The standard InChI is InChI=1S/C16H15BrFNO2/c1-20-15-6-14(18)13(17)5-12(15)16(19)9-2-3-10-7-21-8-11(10)4-9/h2-6,16H,7-8,19H2,1H3. The quantitative estimate of drug-likeness (QED) is 0.917. The third kappa shape index (κ3) is 2.69. The minimum absolute atomic E-state index is 0.370. The van der Waals surface area contributed by atoms with Gasteiger partial charge in [-0.1, -0.05) is 18.2 Å². The number of fused-ring (bicyclic) bond motifs is 1. The molecule has 21 heavy (non-hydrogen) atoms. The fourth-order valence-electron chi connectivity index (χ4n) is 2.53. The molecule has 1 aliphatic heterocycles. The van der Waals surface area contributed by atoms with Crippen LogP contribution in [0.4, 0.5) is 4.39 Å². The van der Waals surface area contributed by atoms with Gasteiger partial charge in [0.2, 0.25) is 0 Å². The van der Waals surface area contributed by atoms with Crippen molar-refractivity contribution < 1.29 is 13.9 Å². The molecule has 1 atom stereocenters. The Morgan fingerprint density at radius 2 is 2.00 bits per heavy atom. The van der Waals surface area contributed by atoms with Crippen molar-refractivity contribution >= 4 is 15.9 Å². The number of halogens is 2. The largest absolute Gasteiger partial charge is 0.496 e. The minimum Gasteiger partial charge on any atom is -0.496 e. The molecule has 0 fully saturated rings. The van der Waals surface area contributed by atoms with E-state index in [-0.39, 0.29) is 11.9 Å². The van der Waals surface area contributed by atoms with Crippen LogP contribution in [0.1, 0.15) is 28.3 Å². The first-order valence-corrected chi connectivity index (χ1v) is 7.37. The van der Waals surface area contributed by atoms with Crippen molar-refractivity contribution in [3.63, 3.8) is 0 Å². The lowest BCUT2D eigenvalue weighted by atomic mass is 9.96. The van der Waals surface area contributed by atoms with Crippen molar-refractivity contribution in [2.75, 3.05) is 7.11 Å². The molecule has 3 nitrogen and oxygen atoms in total. The molecule has 2 aromatic rings. The van der Waals surface area contributed by atoms with Crippen molar-refractivity contribution in [2.24, 2.45) is 5.73 Å². The Kier molecular flexibility index (Phi) is 3.97. The summed E-state index contributed by atoms with van der Waals surface area (Å²) in [6, 6.07) is 8.68. The Bertz CT molecular complexity index is 690. The molecular weight excluding hydrogens is 337 g/mol. The fraction of sp³-hybridized carbons (Fsp3) is 0.250. The molecule has 0 saturated carbocycles. The summed E-state index contributed by atoms with van der Waals surface area (Å²) >= 11 is 3.19. The second kappa shape index (κ2) is 5.75. The van der Waals surface area contributed by atoms with Crippen LogP contribution in [0, 0.1) is 5.82 Å². The number of rotatable bonds is 3. The van der Waals surface area contributed by atoms with E-state index in [2.05, 4.69) is 15.9 Å². The predicted octanol–water partition coefficient (Wildman–Crippen LogP) is 3.68. The lowest BCUT2D eigenvalue weighted by Gasteiger charge is -2.17. The Labute approximate surface area is 131 Å². The van der Waals surface area contributed by atoms with Gasteiger partial charge in [-0.3, -0.25) is 0 Å². The highest BCUT2D eigenvalue weighted by Crippen LogP contribution is 2.34. The van der Waals surface area contributed by atoms with Crippen molar-refractivity contribution in [1.82, 2.24) is 0 Å². The van der Waals surface area contributed by atoms with E-state index in [1.54, 1.807) is 6.07 Å². The van der Waals surface area contributed by atoms with Gasteiger partial charge in [0, 0.05) is 11.6 Å². The van der Waals surface area contributed by atoms with Crippen LogP contribution in [-0.2, 0) is 18.0 Å². The first-order chi connectivity index (χ1) is 10.1. The minimum atomic E-state index is -0.386. The Hall–Kier alpha value is -1.43. The molecule has 2 aromatic carbocycles. The average Bonchev–Trinajstić information content (AvgIpc) is 2.96. The first-order valence-electron chi connectivity index (χ1n) is 6.58. The van der Waals surface area contributed by atoms with E-state index in [0.717, 1.165) is 16.7 Å². The van der Waals surface area contributed by atoms with E-state index in [1.807, 2.05) is 18.2 Å². The monoisotopic (exact) mass is 351 g/mol. The van der Waals surface area contributed by atoms with Gasteiger partial charge in [0.25, 0.3) is 0 Å². The van der Waals surface area contributed by atoms with Crippen LogP contribution in [0.15, 0.2) is 34.8 Å². The summed E-state index contributed by atoms with van der Waals surface area (Å²) in [5.74, 6) is 0.0742. The predicted molar refractivity (Wildman–Crippen MR) is 81.6 cm³/mol. The van der Waals surface area contributed by atoms with E-state index in [9.17, 15) is 4.39 Å². The maximum absolute atomic E-state index is 13.6. The van der Waals surface area contributed by atoms with Gasteiger partial charge in [0.15, 0.2) is 0 Å². The summed E-state index contributed by atoms with van der Waals surface area (Å²) in [6.45, 7) is 1.26. The van der Waals surface area contributed by atoms with Crippen LogP contribution in [0.3, 0.4) is 0 Å².